The molecule has 0 radical (unpaired) electrons. The van der Waals surface area contributed by atoms with E-state index in [0.717, 1.165) is 10.6 Å². The average Bonchev–Trinajstić information content (AvgIpc) is 2.94. The maximum absolute atomic E-state index is 12.0. The number of nitrogens with two attached hydrogens (primary N) is 1. The van der Waals surface area contributed by atoms with Gasteiger partial charge in [0.1, 0.15) is 11.8 Å². The number of anilines is 1. The quantitative estimate of drug-likeness (QED) is 0.882. The number of hydrogen-bond acceptors (Lipinski definition) is 4. The van der Waals surface area contributed by atoms with Crippen LogP contribution >= 0.6 is 11.3 Å². The Hall–Kier alpha value is -1.85. The molecule has 0 aliphatic heterocycles. The van der Waals surface area contributed by atoms with E-state index in [0.29, 0.717) is 12.3 Å². The molecule has 0 bridgehead atoms. The van der Waals surface area contributed by atoms with Crippen LogP contribution in [0.25, 0.3) is 0 Å². The first-order valence-corrected chi connectivity index (χ1v) is 6.91. The Morgan fingerprint density at radius 3 is 2.68 bits per heavy atom. The highest BCUT2D eigenvalue weighted by atomic mass is 32.1. The molecule has 3 N–H and O–H groups in total. The Morgan fingerprint density at radius 2 is 2.11 bits per heavy atom. The fourth-order valence-electron chi connectivity index (χ4n) is 1.62. The molecule has 2 aromatic rings. The zero-order valence-corrected chi connectivity index (χ0v) is 11.4. The summed E-state index contributed by atoms with van der Waals surface area (Å²) in [5.74, 6) is 0.565. The van der Waals surface area contributed by atoms with E-state index in [-0.39, 0.29) is 5.91 Å². The highest BCUT2D eigenvalue weighted by Gasteiger charge is 2.16. The van der Waals surface area contributed by atoms with Crippen LogP contribution in [0, 0.1) is 0 Å². The number of thiophene rings is 1. The molecule has 1 heterocycles. The largest absolute Gasteiger partial charge is 0.494 e. The van der Waals surface area contributed by atoms with E-state index in [1.807, 2.05) is 36.6 Å². The van der Waals surface area contributed by atoms with Crippen LogP contribution in [0.1, 0.15) is 17.8 Å². The molecule has 1 unspecified atom stereocenters. The van der Waals surface area contributed by atoms with Crippen LogP contribution in [0.2, 0.25) is 0 Å². The second kappa shape index (κ2) is 6.36. The van der Waals surface area contributed by atoms with E-state index in [4.69, 9.17) is 10.5 Å². The summed E-state index contributed by atoms with van der Waals surface area (Å²) in [4.78, 5) is 12.8. The molecule has 1 atom stereocenters. The number of nitrogens with one attached hydrogen (secondary N) is 1. The number of carbonyl (C=O) groups excluding carboxylic acids is 1. The molecule has 0 saturated carbocycles. The summed E-state index contributed by atoms with van der Waals surface area (Å²) < 4.78 is 5.34. The van der Waals surface area contributed by atoms with Crippen molar-refractivity contribution in [2.75, 3.05) is 11.9 Å². The predicted molar refractivity (Wildman–Crippen MR) is 77.5 cm³/mol. The molecule has 0 fully saturated rings. The molecule has 2 rings (SSSR count). The lowest BCUT2D eigenvalue weighted by atomic mass is 10.2. The molecule has 0 aliphatic rings. The van der Waals surface area contributed by atoms with Crippen molar-refractivity contribution in [2.24, 2.45) is 5.73 Å². The highest BCUT2D eigenvalue weighted by Crippen LogP contribution is 2.20. The van der Waals surface area contributed by atoms with Crippen molar-refractivity contribution in [3.05, 3.63) is 46.7 Å². The first-order valence-electron chi connectivity index (χ1n) is 6.03. The standard InChI is InChI=1S/C14H16N2O2S/c1-2-18-11-7-5-10(6-8-11)16-14(17)13(15)12-4-3-9-19-12/h3-9,13H,2,15H2,1H3,(H,16,17). The Kier molecular flexibility index (Phi) is 4.54. The van der Waals surface area contributed by atoms with Crippen molar-refractivity contribution in [3.8, 4) is 5.75 Å². The monoisotopic (exact) mass is 276 g/mol. The minimum Gasteiger partial charge on any atom is -0.494 e. The molecular weight excluding hydrogens is 260 g/mol. The number of benzene rings is 1. The summed E-state index contributed by atoms with van der Waals surface area (Å²) in [6.07, 6.45) is 0. The van der Waals surface area contributed by atoms with Gasteiger partial charge >= 0.3 is 0 Å². The van der Waals surface area contributed by atoms with Gasteiger partial charge in [-0.2, -0.15) is 0 Å². The summed E-state index contributed by atoms with van der Waals surface area (Å²) in [6, 6.07) is 10.3. The number of amides is 1. The van der Waals surface area contributed by atoms with E-state index in [1.54, 1.807) is 12.1 Å². The molecule has 0 aliphatic carbocycles. The van der Waals surface area contributed by atoms with Crippen LogP contribution in [0.4, 0.5) is 5.69 Å². The third-order valence-electron chi connectivity index (χ3n) is 2.57. The Morgan fingerprint density at radius 1 is 1.37 bits per heavy atom. The SMILES string of the molecule is CCOc1ccc(NC(=O)C(N)c2cccs2)cc1. The minimum atomic E-state index is -0.633. The smallest absolute Gasteiger partial charge is 0.246 e. The molecule has 100 valence electrons. The molecule has 0 saturated heterocycles. The fraction of sp³-hybridized carbons (Fsp3) is 0.214. The second-order valence-electron chi connectivity index (χ2n) is 3.94. The lowest BCUT2D eigenvalue weighted by Crippen LogP contribution is -2.26. The van der Waals surface area contributed by atoms with Gasteiger partial charge in [-0.15, -0.1) is 11.3 Å². The number of rotatable bonds is 5. The van der Waals surface area contributed by atoms with Crippen LogP contribution in [0.3, 0.4) is 0 Å². The van der Waals surface area contributed by atoms with Crippen LogP contribution < -0.4 is 15.8 Å². The molecule has 4 nitrogen and oxygen atoms in total. The maximum Gasteiger partial charge on any atom is 0.246 e. The molecule has 1 amide bonds. The van der Waals surface area contributed by atoms with Gasteiger partial charge in [0.2, 0.25) is 5.91 Å². The van der Waals surface area contributed by atoms with Crippen molar-refractivity contribution in [2.45, 2.75) is 13.0 Å². The Balaban J connectivity index is 1.98. The van der Waals surface area contributed by atoms with Crippen molar-refractivity contribution >= 4 is 22.9 Å². The van der Waals surface area contributed by atoms with E-state index in [1.165, 1.54) is 11.3 Å². The summed E-state index contributed by atoms with van der Waals surface area (Å²) in [5.41, 5.74) is 6.59. The van der Waals surface area contributed by atoms with Crippen LogP contribution in [-0.2, 0) is 4.79 Å². The summed E-state index contributed by atoms with van der Waals surface area (Å²) >= 11 is 1.47. The highest BCUT2D eigenvalue weighted by molar-refractivity contribution is 7.10. The van der Waals surface area contributed by atoms with E-state index >= 15 is 0 Å². The van der Waals surface area contributed by atoms with Gasteiger partial charge in [0.25, 0.3) is 0 Å². The normalized spacial score (nSPS) is 11.9. The second-order valence-corrected chi connectivity index (χ2v) is 4.92. The summed E-state index contributed by atoms with van der Waals surface area (Å²) in [5, 5.41) is 4.69. The number of carbonyl (C=O) groups is 1. The molecule has 1 aromatic carbocycles. The lowest BCUT2D eigenvalue weighted by Gasteiger charge is -2.11. The van der Waals surface area contributed by atoms with Crippen LogP contribution in [-0.4, -0.2) is 12.5 Å². The van der Waals surface area contributed by atoms with Crippen molar-refractivity contribution in [3.63, 3.8) is 0 Å². The topological polar surface area (TPSA) is 64.3 Å². The van der Waals surface area contributed by atoms with Gasteiger partial charge in [0.15, 0.2) is 0 Å². The molecule has 19 heavy (non-hydrogen) atoms. The predicted octanol–water partition coefficient (Wildman–Crippen LogP) is 2.79. The number of hydrogen-bond donors (Lipinski definition) is 2. The van der Waals surface area contributed by atoms with Gasteiger partial charge in [-0.3, -0.25) is 4.79 Å². The van der Waals surface area contributed by atoms with Crippen molar-refractivity contribution in [1.29, 1.82) is 0 Å². The molecule has 0 spiro atoms. The van der Waals surface area contributed by atoms with E-state index in [9.17, 15) is 4.79 Å². The van der Waals surface area contributed by atoms with Crippen molar-refractivity contribution in [1.82, 2.24) is 0 Å². The Labute approximate surface area is 116 Å². The zero-order chi connectivity index (χ0) is 13.7. The van der Waals surface area contributed by atoms with E-state index in [2.05, 4.69) is 5.32 Å². The van der Waals surface area contributed by atoms with Gasteiger partial charge in [-0.1, -0.05) is 6.07 Å². The van der Waals surface area contributed by atoms with Gasteiger partial charge in [-0.25, -0.2) is 0 Å². The van der Waals surface area contributed by atoms with Crippen LogP contribution in [0.15, 0.2) is 41.8 Å². The number of ether oxygens (including phenoxy) is 1. The fourth-order valence-corrected chi connectivity index (χ4v) is 2.34. The Bertz CT molecular complexity index is 523. The maximum atomic E-state index is 12.0. The summed E-state index contributed by atoms with van der Waals surface area (Å²) in [6.45, 7) is 2.55. The van der Waals surface area contributed by atoms with E-state index < -0.39 is 6.04 Å². The van der Waals surface area contributed by atoms with Gasteiger partial charge < -0.3 is 15.8 Å². The van der Waals surface area contributed by atoms with Crippen LogP contribution in [0.5, 0.6) is 5.75 Å². The molecular formula is C14H16N2O2S. The molecule has 1 aromatic heterocycles. The first kappa shape index (κ1) is 13.6. The third-order valence-corrected chi connectivity index (χ3v) is 3.52. The van der Waals surface area contributed by atoms with Gasteiger partial charge in [0, 0.05) is 10.6 Å². The van der Waals surface area contributed by atoms with Gasteiger partial charge in [-0.05, 0) is 42.6 Å². The third kappa shape index (κ3) is 3.56. The first-order chi connectivity index (χ1) is 9.20. The van der Waals surface area contributed by atoms with Crippen molar-refractivity contribution < 1.29 is 9.53 Å². The average molecular weight is 276 g/mol. The zero-order valence-electron chi connectivity index (χ0n) is 10.6. The lowest BCUT2D eigenvalue weighted by molar-refractivity contribution is -0.117. The minimum absolute atomic E-state index is 0.216. The van der Waals surface area contributed by atoms with Gasteiger partial charge in [0.05, 0.1) is 6.61 Å². The summed E-state index contributed by atoms with van der Waals surface area (Å²) in [7, 11) is 0. The molecule has 5 heteroatoms.